The average molecular weight is 267 g/mol. The molecule has 19 heavy (non-hydrogen) atoms. The van der Waals surface area contributed by atoms with Crippen molar-refractivity contribution in [2.24, 2.45) is 10.7 Å². The molecule has 3 N–H and O–H groups in total. The fraction of sp³-hybridized carbons (Fsp3) is 0.462. The van der Waals surface area contributed by atoms with Crippen molar-refractivity contribution in [2.45, 2.75) is 19.9 Å². The predicted molar refractivity (Wildman–Crippen MR) is 76.5 cm³/mol. The average Bonchev–Trinajstić information content (AvgIpc) is 2.36. The largest absolute Gasteiger partial charge is 0.493 e. The number of hydrogen-bond acceptors (Lipinski definition) is 4. The van der Waals surface area contributed by atoms with Gasteiger partial charge in [0.25, 0.3) is 0 Å². The van der Waals surface area contributed by atoms with Gasteiger partial charge in [-0.1, -0.05) is 0 Å². The number of nitrogens with zero attached hydrogens (tertiary/aromatic N) is 1. The summed E-state index contributed by atoms with van der Waals surface area (Å²) in [6.45, 7) is 3.90. The molecule has 0 aromatic heterocycles. The molecule has 0 spiro atoms. The lowest BCUT2D eigenvalue weighted by molar-refractivity contribution is 0.324. The Morgan fingerprint density at radius 2 is 1.63 bits per heavy atom. The molecule has 1 aromatic rings. The zero-order valence-corrected chi connectivity index (χ0v) is 12.0. The lowest BCUT2D eigenvalue weighted by Gasteiger charge is -2.15. The molecule has 0 amide bonds. The quantitative estimate of drug-likeness (QED) is 0.629. The zero-order chi connectivity index (χ0) is 14.4. The molecule has 0 radical (unpaired) electrons. The molecule has 0 fully saturated rings. The van der Waals surface area contributed by atoms with E-state index in [-0.39, 0.29) is 6.04 Å². The molecule has 0 saturated heterocycles. The maximum absolute atomic E-state index is 5.79. The first-order valence-corrected chi connectivity index (χ1v) is 5.92. The van der Waals surface area contributed by atoms with Gasteiger partial charge in [0, 0.05) is 23.9 Å². The van der Waals surface area contributed by atoms with Crippen LogP contribution in [0.25, 0.3) is 0 Å². The van der Waals surface area contributed by atoms with E-state index < -0.39 is 0 Å². The third-order valence-electron chi connectivity index (χ3n) is 2.33. The third-order valence-corrected chi connectivity index (χ3v) is 2.33. The van der Waals surface area contributed by atoms with E-state index in [9.17, 15) is 0 Å². The Balaban J connectivity index is 3.09. The highest BCUT2D eigenvalue weighted by molar-refractivity contribution is 5.93. The molecule has 0 aliphatic carbocycles. The van der Waals surface area contributed by atoms with E-state index >= 15 is 0 Å². The monoisotopic (exact) mass is 267 g/mol. The van der Waals surface area contributed by atoms with Gasteiger partial charge in [-0.15, -0.1) is 0 Å². The van der Waals surface area contributed by atoms with Crippen LogP contribution >= 0.6 is 0 Å². The maximum Gasteiger partial charge on any atom is 0.203 e. The Morgan fingerprint density at radius 1 is 1.11 bits per heavy atom. The normalized spacial score (nSPS) is 11.4. The van der Waals surface area contributed by atoms with E-state index in [4.69, 9.17) is 19.9 Å². The smallest absolute Gasteiger partial charge is 0.203 e. The Kier molecular flexibility index (Phi) is 5.29. The first-order chi connectivity index (χ1) is 9.01. The number of nitrogens with one attached hydrogen (secondary N) is 1. The summed E-state index contributed by atoms with van der Waals surface area (Å²) < 4.78 is 15.8. The molecule has 0 heterocycles. The van der Waals surface area contributed by atoms with Crippen molar-refractivity contribution in [3.05, 3.63) is 12.1 Å². The minimum Gasteiger partial charge on any atom is -0.493 e. The number of ether oxygens (including phenoxy) is 3. The van der Waals surface area contributed by atoms with Gasteiger partial charge in [0.15, 0.2) is 17.5 Å². The van der Waals surface area contributed by atoms with Gasteiger partial charge < -0.3 is 25.3 Å². The van der Waals surface area contributed by atoms with Crippen LogP contribution in [0.2, 0.25) is 0 Å². The zero-order valence-electron chi connectivity index (χ0n) is 12.0. The van der Waals surface area contributed by atoms with Gasteiger partial charge in [0.2, 0.25) is 5.75 Å². The molecule has 1 aromatic carbocycles. The third kappa shape index (κ3) is 3.94. The summed E-state index contributed by atoms with van der Waals surface area (Å²) >= 11 is 0. The van der Waals surface area contributed by atoms with Crippen LogP contribution in [-0.2, 0) is 0 Å². The standard InChI is InChI=1S/C13H21N3O3/c1-8(2)15-13(14)16-9-6-10(17-3)12(19-5)11(7-9)18-4/h6-8H,1-5H3,(H3,14,15,16). The van der Waals surface area contributed by atoms with Crippen molar-refractivity contribution in [3.8, 4) is 17.2 Å². The Labute approximate surface area is 113 Å². The van der Waals surface area contributed by atoms with Gasteiger partial charge in [0.05, 0.1) is 21.3 Å². The van der Waals surface area contributed by atoms with Crippen LogP contribution in [0.3, 0.4) is 0 Å². The molecule has 0 aliphatic rings. The van der Waals surface area contributed by atoms with Crippen LogP contribution in [-0.4, -0.2) is 33.3 Å². The number of hydrogen-bond donors (Lipinski definition) is 2. The van der Waals surface area contributed by atoms with Crippen LogP contribution in [0, 0.1) is 0 Å². The molecule has 0 saturated carbocycles. The molecule has 0 bridgehead atoms. The molecular weight excluding hydrogens is 246 g/mol. The summed E-state index contributed by atoms with van der Waals surface area (Å²) in [7, 11) is 4.68. The minimum absolute atomic E-state index is 0.120. The van der Waals surface area contributed by atoms with Gasteiger partial charge in [-0.3, -0.25) is 4.99 Å². The first-order valence-electron chi connectivity index (χ1n) is 5.92. The second kappa shape index (κ2) is 6.72. The summed E-state index contributed by atoms with van der Waals surface area (Å²) in [6, 6.07) is 3.66. The highest BCUT2D eigenvalue weighted by atomic mass is 16.5. The van der Waals surface area contributed by atoms with Crippen molar-refractivity contribution < 1.29 is 14.2 Å². The van der Waals surface area contributed by atoms with Crippen molar-refractivity contribution in [1.29, 1.82) is 0 Å². The summed E-state index contributed by atoms with van der Waals surface area (Å²) in [5.74, 6) is 1.99. The lowest BCUT2D eigenvalue weighted by atomic mass is 10.2. The molecule has 1 rings (SSSR count). The Morgan fingerprint density at radius 3 is 2.00 bits per heavy atom. The van der Waals surface area contributed by atoms with Crippen LogP contribution in [0.5, 0.6) is 17.2 Å². The summed E-state index contributed by atoms with van der Waals surface area (Å²) in [4.78, 5) is 4.20. The molecule has 106 valence electrons. The van der Waals surface area contributed by atoms with Gasteiger partial charge in [-0.25, -0.2) is 0 Å². The first kappa shape index (κ1) is 14.9. The number of aliphatic imine (C=N–C) groups is 1. The molecular formula is C13H21N3O3. The SMILES string of the molecule is COc1cc(NC(N)=NC(C)C)cc(OC)c1OC. The highest BCUT2D eigenvalue weighted by Crippen LogP contribution is 2.39. The number of benzene rings is 1. The number of nitrogens with two attached hydrogens (primary N) is 1. The van der Waals surface area contributed by atoms with E-state index in [2.05, 4.69) is 10.3 Å². The van der Waals surface area contributed by atoms with Gasteiger partial charge >= 0.3 is 0 Å². The Hall–Kier alpha value is -2.11. The van der Waals surface area contributed by atoms with E-state index in [1.54, 1.807) is 33.5 Å². The maximum atomic E-state index is 5.79. The second-order valence-electron chi connectivity index (χ2n) is 4.15. The molecule has 6 nitrogen and oxygen atoms in total. The van der Waals surface area contributed by atoms with Crippen molar-refractivity contribution in [2.75, 3.05) is 26.6 Å². The number of methoxy groups -OCH3 is 3. The summed E-state index contributed by atoms with van der Waals surface area (Å²) in [5.41, 5.74) is 6.51. The van der Waals surface area contributed by atoms with Gasteiger partial charge in [-0.2, -0.15) is 0 Å². The van der Waals surface area contributed by atoms with E-state index in [1.165, 1.54) is 0 Å². The Bertz CT molecular complexity index is 433. The summed E-state index contributed by atoms with van der Waals surface area (Å²) in [5, 5.41) is 2.99. The van der Waals surface area contributed by atoms with Crippen molar-refractivity contribution in [3.63, 3.8) is 0 Å². The van der Waals surface area contributed by atoms with Crippen molar-refractivity contribution in [1.82, 2.24) is 0 Å². The van der Waals surface area contributed by atoms with Crippen LogP contribution in [0.1, 0.15) is 13.8 Å². The second-order valence-corrected chi connectivity index (χ2v) is 4.15. The fourth-order valence-electron chi connectivity index (χ4n) is 1.61. The topological polar surface area (TPSA) is 78.1 Å². The van der Waals surface area contributed by atoms with E-state index in [0.29, 0.717) is 23.2 Å². The van der Waals surface area contributed by atoms with Crippen LogP contribution in [0.4, 0.5) is 5.69 Å². The molecule has 0 unspecified atom stereocenters. The van der Waals surface area contributed by atoms with Crippen molar-refractivity contribution >= 4 is 11.6 Å². The predicted octanol–water partition coefficient (Wildman–Crippen LogP) is 1.85. The lowest BCUT2D eigenvalue weighted by Crippen LogP contribution is -2.24. The fourth-order valence-corrected chi connectivity index (χ4v) is 1.61. The molecule has 0 aliphatic heterocycles. The van der Waals surface area contributed by atoms with Gasteiger partial charge in [-0.05, 0) is 13.8 Å². The molecule has 6 heteroatoms. The minimum atomic E-state index is 0.120. The number of anilines is 1. The molecule has 0 atom stereocenters. The summed E-state index contributed by atoms with van der Waals surface area (Å²) in [6.07, 6.45) is 0. The van der Waals surface area contributed by atoms with E-state index in [0.717, 1.165) is 5.69 Å². The van der Waals surface area contributed by atoms with Crippen LogP contribution < -0.4 is 25.3 Å². The van der Waals surface area contributed by atoms with E-state index in [1.807, 2.05) is 13.8 Å². The van der Waals surface area contributed by atoms with Gasteiger partial charge in [0.1, 0.15) is 0 Å². The van der Waals surface area contributed by atoms with Crippen LogP contribution in [0.15, 0.2) is 17.1 Å². The number of rotatable bonds is 5. The number of guanidine groups is 1. The highest BCUT2D eigenvalue weighted by Gasteiger charge is 2.13.